The van der Waals surface area contributed by atoms with Crippen molar-refractivity contribution in [1.82, 2.24) is 10.2 Å². The highest BCUT2D eigenvalue weighted by Crippen LogP contribution is 2.60. The van der Waals surface area contributed by atoms with E-state index in [-0.39, 0.29) is 23.1 Å². The Balaban J connectivity index is 1.41. The molecule has 0 aromatic heterocycles. The van der Waals surface area contributed by atoms with Gasteiger partial charge < -0.3 is 15.0 Å². The molecule has 1 aromatic carbocycles. The van der Waals surface area contributed by atoms with Gasteiger partial charge in [-0.1, -0.05) is 26.0 Å². The first-order valence-electron chi connectivity index (χ1n) is 12.1. The van der Waals surface area contributed by atoms with Gasteiger partial charge in [-0.15, -0.1) is 0 Å². The molecule has 1 atom stereocenters. The zero-order valence-electron chi connectivity index (χ0n) is 19.5. The molecule has 2 amide bonds. The minimum Gasteiger partial charge on any atom is -0.494 e. The first-order chi connectivity index (χ1) is 14.8. The van der Waals surface area contributed by atoms with Gasteiger partial charge in [-0.25, -0.2) is 0 Å². The maximum Gasteiger partial charge on any atom is 0.245 e. The number of amides is 2. The molecule has 0 unspecified atom stereocenters. The first kappa shape index (κ1) is 22.2. The van der Waals surface area contributed by atoms with Gasteiger partial charge in [-0.2, -0.15) is 0 Å². The van der Waals surface area contributed by atoms with Gasteiger partial charge >= 0.3 is 0 Å². The topological polar surface area (TPSA) is 58.6 Å². The summed E-state index contributed by atoms with van der Waals surface area (Å²) in [7, 11) is 1.82. The Morgan fingerprint density at radius 2 is 1.61 bits per heavy atom. The molecule has 4 aliphatic carbocycles. The van der Waals surface area contributed by atoms with Gasteiger partial charge in [0.25, 0.3) is 0 Å². The Kier molecular flexibility index (Phi) is 6.32. The third-order valence-electron chi connectivity index (χ3n) is 7.77. The largest absolute Gasteiger partial charge is 0.494 e. The summed E-state index contributed by atoms with van der Waals surface area (Å²) < 4.78 is 5.50. The van der Waals surface area contributed by atoms with Crippen LogP contribution in [0.1, 0.15) is 64.9 Å². The Hall–Kier alpha value is -2.04. The molecule has 0 aliphatic heterocycles. The minimum absolute atomic E-state index is 0.0121. The van der Waals surface area contributed by atoms with E-state index < -0.39 is 6.04 Å². The van der Waals surface area contributed by atoms with Gasteiger partial charge in [-0.05, 0) is 86.8 Å². The Labute approximate surface area is 186 Å². The summed E-state index contributed by atoms with van der Waals surface area (Å²) in [4.78, 5) is 28.5. The molecule has 0 heterocycles. The van der Waals surface area contributed by atoms with Gasteiger partial charge in [0.15, 0.2) is 0 Å². The fourth-order valence-electron chi connectivity index (χ4n) is 6.64. The van der Waals surface area contributed by atoms with E-state index in [2.05, 4.69) is 5.32 Å². The van der Waals surface area contributed by atoms with Crippen LogP contribution >= 0.6 is 0 Å². The molecule has 170 valence electrons. The maximum absolute atomic E-state index is 13.5. The van der Waals surface area contributed by atoms with Gasteiger partial charge in [0.2, 0.25) is 11.8 Å². The lowest BCUT2D eigenvalue weighted by Gasteiger charge is -2.56. The van der Waals surface area contributed by atoms with Crippen LogP contribution in [0.25, 0.3) is 0 Å². The van der Waals surface area contributed by atoms with Crippen molar-refractivity contribution in [2.45, 2.75) is 71.9 Å². The van der Waals surface area contributed by atoms with Crippen LogP contribution in [0.4, 0.5) is 0 Å². The van der Waals surface area contributed by atoms with Crippen LogP contribution in [0.15, 0.2) is 24.3 Å². The molecular formula is C26H38N2O3. The minimum atomic E-state index is -0.479. The number of carbonyl (C=O) groups excluding carboxylic acids is 2. The van der Waals surface area contributed by atoms with Crippen molar-refractivity contribution in [3.8, 4) is 5.75 Å². The van der Waals surface area contributed by atoms with Crippen LogP contribution in [-0.4, -0.2) is 36.4 Å². The molecule has 4 aliphatic rings. The summed E-state index contributed by atoms with van der Waals surface area (Å²) in [5.74, 6) is 3.15. The number of rotatable bonds is 8. The maximum atomic E-state index is 13.5. The number of benzene rings is 1. The normalized spacial score (nSPS) is 29.6. The highest BCUT2D eigenvalue weighted by molar-refractivity contribution is 5.90. The average molecular weight is 427 g/mol. The third-order valence-corrected chi connectivity index (χ3v) is 7.77. The summed E-state index contributed by atoms with van der Waals surface area (Å²) >= 11 is 0. The lowest BCUT2D eigenvalue weighted by atomic mass is 9.49. The van der Waals surface area contributed by atoms with Gasteiger partial charge in [0.05, 0.1) is 6.61 Å². The van der Waals surface area contributed by atoms with E-state index >= 15 is 0 Å². The SMILES string of the molecule is CCOc1ccc(CN(C)C(=O)[C@@H](NC(=O)C23CC4CC(CC(C4)C2)C3)C(C)C)cc1. The monoisotopic (exact) mass is 426 g/mol. The van der Waals surface area contributed by atoms with E-state index in [9.17, 15) is 9.59 Å². The van der Waals surface area contributed by atoms with Crippen LogP contribution in [0, 0.1) is 29.1 Å². The standard InChI is InChI=1S/C26H38N2O3/c1-5-31-22-8-6-18(7-9-22)16-28(4)24(29)23(17(2)3)27-25(30)26-13-19-10-20(14-26)12-21(11-19)15-26/h6-9,17,19-21,23H,5,10-16H2,1-4H3,(H,27,30)/t19?,20?,21?,23-,26?/m0/s1. The second kappa shape index (κ2) is 8.84. The lowest BCUT2D eigenvalue weighted by Crippen LogP contribution is -2.58. The van der Waals surface area contributed by atoms with Crippen molar-refractivity contribution in [2.24, 2.45) is 29.1 Å². The van der Waals surface area contributed by atoms with E-state index in [0.29, 0.717) is 30.9 Å². The summed E-state index contributed by atoms with van der Waals surface area (Å²) in [5.41, 5.74) is 0.824. The zero-order valence-corrected chi connectivity index (χ0v) is 19.5. The molecule has 0 saturated heterocycles. The number of carbonyl (C=O) groups is 2. The zero-order chi connectivity index (χ0) is 22.2. The second-order valence-electron chi connectivity index (χ2n) is 10.7. The lowest BCUT2D eigenvalue weighted by molar-refractivity contribution is -0.150. The van der Waals surface area contributed by atoms with E-state index in [0.717, 1.165) is 30.6 Å². The van der Waals surface area contributed by atoms with Crippen LogP contribution < -0.4 is 10.1 Å². The van der Waals surface area contributed by atoms with Crippen molar-refractivity contribution in [2.75, 3.05) is 13.7 Å². The molecule has 5 rings (SSSR count). The number of likely N-dealkylation sites (N-methyl/N-ethyl adjacent to an activating group) is 1. The molecule has 4 bridgehead atoms. The molecule has 5 nitrogen and oxygen atoms in total. The highest BCUT2D eigenvalue weighted by atomic mass is 16.5. The van der Waals surface area contributed by atoms with Gasteiger partial charge in [-0.3, -0.25) is 9.59 Å². The van der Waals surface area contributed by atoms with E-state index in [1.807, 2.05) is 52.1 Å². The number of nitrogens with zero attached hydrogens (tertiary/aromatic N) is 1. The fourth-order valence-corrected chi connectivity index (χ4v) is 6.64. The van der Waals surface area contributed by atoms with E-state index in [1.165, 1.54) is 19.3 Å². The van der Waals surface area contributed by atoms with Gasteiger partial charge in [0, 0.05) is 19.0 Å². The molecule has 0 spiro atoms. The van der Waals surface area contributed by atoms with Crippen molar-refractivity contribution in [1.29, 1.82) is 0 Å². The molecule has 4 saturated carbocycles. The van der Waals surface area contributed by atoms with E-state index in [4.69, 9.17) is 4.74 Å². The number of ether oxygens (including phenoxy) is 1. The summed E-state index contributed by atoms with van der Waals surface area (Å²) in [6, 6.07) is 7.38. The van der Waals surface area contributed by atoms with Crippen molar-refractivity contribution in [3.63, 3.8) is 0 Å². The quantitative estimate of drug-likeness (QED) is 0.670. The average Bonchev–Trinajstić information content (AvgIpc) is 2.71. The van der Waals surface area contributed by atoms with Crippen molar-refractivity contribution < 1.29 is 14.3 Å². The molecule has 1 N–H and O–H groups in total. The van der Waals surface area contributed by atoms with Crippen LogP contribution in [0.2, 0.25) is 0 Å². The predicted molar refractivity (Wildman–Crippen MR) is 121 cm³/mol. The molecule has 1 aromatic rings. The van der Waals surface area contributed by atoms with Crippen LogP contribution in [-0.2, 0) is 16.1 Å². The molecule has 0 radical (unpaired) electrons. The predicted octanol–water partition coefficient (Wildman–Crippen LogP) is 4.40. The van der Waals surface area contributed by atoms with Crippen molar-refractivity contribution in [3.05, 3.63) is 29.8 Å². The summed E-state index contributed by atoms with van der Waals surface area (Å²) in [6.45, 7) is 7.16. The second-order valence-corrected chi connectivity index (χ2v) is 10.7. The van der Waals surface area contributed by atoms with Crippen molar-refractivity contribution >= 4 is 11.8 Å². The molecule has 5 heteroatoms. The van der Waals surface area contributed by atoms with Gasteiger partial charge in [0.1, 0.15) is 11.8 Å². The van der Waals surface area contributed by atoms with E-state index in [1.54, 1.807) is 4.90 Å². The molecule has 31 heavy (non-hydrogen) atoms. The Morgan fingerprint density at radius 1 is 1.06 bits per heavy atom. The Morgan fingerprint density at radius 3 is 2.10 bits per heavy atom. The summed E-state index contributed by atoms with van der Waals surface area (Å²) in [5, 5.41) is 3.22. The molecular weight excluding hydrogens is 388 g/mol. The summed E-state index contributed by atoms with van der Waals surface area (Å²) in [6.07, 6.45) is 6.99. The first-order valence-corrected chi connectivity index (χ1v) is 12.1. The van der Waals surface area contributed by atoms with Crippen LogP contribution in [0.3, 0.4) is 0 Å². The van der Waals surface area contributed by atoms with Crippen LogP contribution in [0.5, 0.6) is 5.75 Å². The smallest absolute Gasteiger partial charge is 0.245 e. The Bertz CT molecular complexity index is 766. The highest BCUT2D eigenvalue weighted by Gasteiger charge is 2.55. The third kappa shape index (κ3) is 4.61. The fraction of sp³-hybridized carbons (Fsp3) is 0.692. The number of nitrogens with one attached hydrogen (secondary N) is 1. The number of hydrogen-bond donors (Lipinski definition) is 1. The number of hydrogen-bond acceptors (Lipinski definition) is 3. The molecule has 4 fully saturated rings.